The highest BCUT2D eigenvalue weighted by Gasteiger charge is 2.15. The Kier molecular flexibility index (Phi) is 5.45. The number of thioether (sulfide) groups is 1. The first-order valence-corrected chi connectivity index (χ1v) is 8.89. The summed E-state index contributed by atoms with van der Waals surface area (Å²) in [7, 11) is 1.80. The fourth-order valence-electron chi connectivity index (χ4n) is 2.38. The molecule has 0 fully saturated rings. The lowest BCUT2D eigenvalue weighted by Crippen LogP contribution is -2.28. The minimum atomic E-state index is -0.209. The fourth-order valence-corrected chi connectivity index (χ4v) is 3.20. The molecule has 1 amide bonds. The zero-order valence-electron chi connectivity index (χ0n) is 14.1. The molecule has 6 nitrogen and oxygen atoms in total. The number of aryl methyl sites for hydroxylation is 1. The van der Waals surface area contributed by atoms with Crippen LogP contribution in [0.25, 0.3) is 0 Å². The van der Waals surface area contributed by atoms with Crippen LogP contribution in [0.3, 0.4) is 0 Å². The van der Waals surface area contributed by atoms with Gasteiger partial charge in [0.15, 0.2) is 0 Å². The molecule has 0 aliphatic rings. The van der Waals surface area contributed by atoms with E-state index in [4.69, 9.17) is 0 Å². The number of carbonyl (C=O) groups is 1. The third-order valence-corrected chi connectivity index (χ3v) is 4.74. The summed E-state index contributed by atoms with van der Waals surface area (Å²) < 4.78 is 1.66. The van der Waals surface area contributed by atoms with E-state index in [1.807, 2.05) is 49.4 Å². The van der Waals surface area contributed by atoms with Crippen molar-refractivity contribution in [2.75, 3.05) is 0 Å². The molecule has 1 N–H and O–H groups in total. The van der Waals surface area contributed by atoms with E-state index in [1.165, 1.54) is 6.33 Å². The fraction of sp³-hybridized carbons (Fsp3) is 0.222. The van der Waals surface area contributed by atoms with Gasteiger partial charge in [0.1, 0.15) is 12.2 Å². The van der Waals surface area contributed by atoms with Crippen LogP contribution in [-0.4, -0.2) is 25.7 Å². The van der Waals surface area contributed by atoms with Crippen molar-refractivity contribution in [3.8, 4) is 0 Å². The van der Waals surface area contributed by atoms with Crippen molar-refractivity contribution in [1.29, 1.82) is 0 Å². The molecule has 2 heterocycles. The van der Waals surface area contributed by atoms with Crippen molar-refractivity contribution >= 4 is 17.7 Å². The van der Waals surface area contributed by atoms with Crippen LogP contribution in [0.2, 0.25) is 0 Å². The van der Waals surface area contributed by atoms with E-state index in [0.29, 0.717) is 5.56 Å². The van der Waals surface area contributed by atoms with Crippen molar-refractivity contribution in [2.45, 2.75) is 23.7 Å². The lowest BCUT2D eigenvalue weighted by Gasteiger charge is -2.13. The monoisotopic (exact) mass is 353 g/mol. The summed E-state index contributed by atoms with van der Waals surface area (Å²) in [6, 6.07) is 13.3. The number of pyridine rings is 1. The van der Waals surface area contributed by atoms with Gasteiger partial charge in [-0.1, -0.05) is 18.2 Å². The van der Waals surface area contributed by atoms with Crippen LogP contribution < -0.4 is 5.32 Å². The van der Waals surface area contributed by atoms with Crippen molar-refractivity contribution < 1.29 is 4.79 Å². The van der Waals surface area contributed by atoms with E-state index in [9.17, 15) is 4.79 Å². The normalized spacial score (nSPS) is 11.9. The molecule has 7 heteroatoms. The highest BCUT2D eigenvalue weighted by molar-refractivity contribution is 7.98. The second-order valence-electron chi connectivity index (χ2n) is 5.59. The average molecular weight is 353 g/mol. The summed E-state index contributed by atoms with van der Waals surface area (Å²) in [4.78, 5) is 20.8. The molecule has 0 bridgehead atoms. The van der Waals surface area contributed by atoms with Crippen molar-refractivity contribution in [2.24, 2.45) is 7.05 Å². The van der Waals surface area contributed by atoms with Gasteiger partial charge in [-0.15, -0.1) is 11.8 Å². The smallest absolute Gasteiger partial charge is 0.251 e. The third-order valence-electron chi connectivity index (χ3n) is 3.72. The zero-order chi connectivity index (χ0) is 17.6. The summed E-state index contributed by atoms with van der Waals surface area (Å²) in [5.41, 5.74) is 1.77. The van der Waals surface area contributed by atoms with E-state index in [0.717, 1.165) is 22.2 Å². The number of hydrogen-bond donors (Lipinski definition) is 1. The van der Waals surface area contributed by atoms with Gasteiger partial charge in [-0.05, 0) is 36.8 Å². The van der Waals surface area contributed by atoms with Crippen LogP contribution in [0.5, 0.6) is 0 Å². The van der Waals surface area contributed by atoms with Gasteiger partial charge < -0.3 is 5.32 Å². The quantitative estimate of drug-likeness (QED) is 0.690. The summed E-state index contributed by atoms with van der Waals surface area (Å²) in [6.07, 6.45) is 3.26. The highest BCUT2D eigenvalue weighted by atomic mass is 32.2. The lowest BCUT2D eigenvalue weighted by molar-refractivity contribution is 0.0937. The first-order valence-electron chi connectivity index (χ1n) is 7.91. The summed E-state index contributed by atoms with van der Waals surface area (Å²) in [5.74, 6) is 1.41. The number of nitrogens with zero attached hydrogens (tertiary/aromatic N) is 4. The zero-order valence-corrected chi connectivity index (χ0v) is 14.9. The Morgan fingerprint density at radius 1 is 1.20 bits per heavy atom. The van der Waals surface area contributed by atoms with E-state index >= 15 is 0 Å². The van der Waals surface area contributed by atoms with Gasteiger partial charge >= 0.3 is 0 Å². The van der Waals surface area contributed by atoms with E-state index in [2.05, 4.69) is 20.4 Å². The molecular weight excluding hydrogens is 334 g/mol. The molecule has 0 spiro atoms. The third kappa shape index (κ3) is 4.45. The van der Waals surface area contributed by atoms with Gasteiger partial charge in [0.05, 0.1) is 11.1 Å². The number of aromatic nitrogens is 4. The Labute approximate surface area is 150 Å². The number of carbonyl (C=O) groups excluding carboxylic acids is 1. The van der Waals surface area contributed by atoms with E-state index in [-0.39, 0.29) is 11.9 Å². The predicted molar refractivity (Wildman–Crippen MR) is 97.1 cm³/mol. The summed E-state index contributed by atoms with van der Waals surface area (Å²) in [6.45, 7) is 1.89. The Morgan fingerprint density at radius 3 is 2.64 bits per heavy atom. The Hall–Kier alpha value is -2.67. The van der Waals surface area contributed by atoms with Crippen molar-refractivity contribution in [1.82, 2.24) is 25.1 Å². The van der Waals surface area contributed by atoms with Crippen LogP contribution in [0.4, 0.5) is 0 Å². The standard InChI is InChI=1S/C18H19N5OS/c1-13(17-20-12-21-23(17)2)22-18(24)15-8-6-14(7-9-15)11-25-16-5-3-4-10-19-16/h3-10,12-13H,11H2,1-2H3,(H,22,24)/t13-/m1/s1. The molecule has 25 heavy (non-hydrogen) atoms. The SMILES string of the molecule is C[C@@H](NC(=O)c1ccc(CSc2ccccn2)cc1)c1ncnn1C. The first kappa shape index (κ1) is 17.2. The topological polar surface area (TPSA) is 72.7 Å². The van der Waals surface area contributed by atoms with Gasteiger partial charge in [-0.25, -0.2) is 9.97 Å². The van der Waals surface area contributed by atoms with E-state index in [1.54, 1.807) is 29.7 Å². The Balaban J connectivity index is 1.58. The van der Waals surface area contributed by atoms with Gasteiger partial charge in [0.25, 0.3) is 5.91 Å². The molecule has 0 radical (unpaired) electrons. The molecule has 1 aromatic carbocycles. The van der Waals surface area contributed by atoms with Gasteiger partial charge in [-0.2, -0.15) is 5.10 Å². The number of amides is 1. The maximum atomic E-state index is 12.4. The maximum absolute atomic E-state index is 12.4. The summed E-state index contributed by atoms with van der Waals surface area (Å²) >= 11 is 1.67. The van der Waals surface area contributed by atoms with Gasteiger partial charge in [0.2, 0.25) is 0 Å². The molecular formula is C18H19N5OS. The van der Waals surface area contributed by atoms with Crippen LogP contribution >= 0.6 is 11.8 Å². The molecule has 128 valence electrons. The predicted octanol–water partition coefficient (Wildman–Crippen LogP) is 2.99. The lowest BCUT2D eigenvalue weighted by atomic mass is 10.1. The Bertz CT molecular complexity index is 832. The van der Waals surface area contributed by atoms with Gasteiger partial charge in [-0.3, -0.25) is 9.48 Å². The minimum Gasteiger partial charge on any atom is -0.342 e. The second-order valence-corrected chi connectivity index (χ2v) is 6.59. The number of rotatable bonds is 6. The molecule has 0 aliphatic carbocycles. The van der Waals surface area contributed by atoms with Crippen LogP contribution in [0, 0.1) is 0 Å². The maximum Gasteiger partial charge on any atom is 0.251 e. The molecule has 1 atom stereocenters. The molecule has 2 aromatic heterocycles. The minimum absolute atomic E-state index is 0.126. The van der Waals surface area contributed by atoms with Gasteiger partial charge in [0, 0.05) is 24.6 Å². The number of benzene rings is 1. The van der Waals surface area contributed by atoms with E-state index < -0.39 is 0 Å². The van der Waals surface area contributed by atoms with Crippen LogP contribution in [0.15, 0.2) is 60.0 Å². The molecule has 0 unspecified atom stereocenters. The Morgan fingerprint density at radius 2 is 2.00 bits per heavy atom. The molecule has 3 aromatic rings. The molecule has 0 saturated carbocycles. The number of hydrogen-bond acceptors (Lipinski definition) is 5. The summed E-state index contributed by atoms with van der Waals surface area (Å²) in [5, 5.41) is 7.95. The largest absolute Gasteiger partial charge is 0.342 e. The molecule has 3 rings (SSSR count). The second kappa shape index (κ2) is 7.94. The molecule has 0 saturated heterocycles. The highest BCUT2D eigenvalue weighted by Crippen LogP contribution is 2.20. The van der Waals surface area contributed by atoms with Crippen molar-refractivity contribution in [3.63, 3.8) is 0 Å². The number of nitrogens with one attached hydrogen (secondary N) is 1. The van der Waals surface area contributed by atoms with Crippen molar-refractivity contribution in [3.05, 3.63) is 71.9 Å². The van der Waals surface area contributed by atoms with Crippen LogP contribution in [-0.2, 0) is 12.8 Å². The van der Waals surface area contributed by atoms with Crippen LogP contribution in [0.1, 0.15) is 34.7 Å². The first-order chi connectivity index (χ1) is 12.1. The average Bonchev–Trinajstić information content (AvgIpc) is 3.07. The molecule has 0 aliphatic heterocycles.